The van der Waals surface area contributed by atoms with E-state index in [0.717, 1.165) is 0 Å². The van der Waals surface area contributed by atoms with Gasteiger partial charge in [0, 0.05) is 24.2 Å². The SMILES string of the molecule is CC(=O)Nc1cccc(C(=O)NC(C)CC(O)c2ccc(F)cc2)c1. The maximum absolute atomic E-state index is 12.9. The molecule has 0 aliphatic rings. The molecule has 0 radical (unpaired) electrons. The molecule has 0 heterocycles. The zero-order chi connectivity index (χ0) is 18.4. The second-order valence-corrected chi connectivity index (χ2v) is 5.94. The minimum absolute atomic E-state index is 0.214. The Kier molecular flexibility index (Phi) is 6.25. The fourth-order valence-corrected chi connectivity index (χ4v) is 2.46. The van der Waals surface area contributed by atoms with Gasteiger partial charge in [0.25, 0.3) is 5.91 Å². The van der Waals surface area contributed by atoms with Gasteiger partial charge in [0.05, 0.1) is 6.10 Å². The molecular weight excluding hydrogens is 323 g/mol. The van der Waals surface area contributed by atoms with Crippen LogP contribution >= 0.6 is 0 Å². The molecule has 0 aliphatic heterocycles. The van der Waals surface area contributed by atoms with E-state index in [1.165, 1.54) is 31.2 Å². The van der Waals surface area contributed by atoms with Crippen molar-refractivity contribution >= 4 is 17.5 Å². The number of carbonyl (C=O) groups excluding carboxylic acids is 2. The zero-order valence-electron chi connectivity index (χ0n) is 14.1. The number of carbonyl (C=O) groups is 2. The van der Waals surface area contributed by atoms with Crippen molar-refractivity contribution < 1.29 is 19.1 Å². The fourth-order valence-electron chi connectivity index (χ4n) is 2.46. The van der Waals surface area contributed by atoms with Crippen LogP contribution in [0.2, 0.25) is 0 Å². The van der Waals surface area contributed by atoms with Crippen LogP contribution in [-0.2, 0) is 4.79 Å². The Morgan fingerprint density at radius 3 is 2.48 bits per heavy atom. The molecule has 0 fully saturated rings. The van der Waals surface area contributed by atoms with E-state index in [0.29, 0.717) is 23.2 Å². The van der Waals surface area contributed by atoms with Crippen LogP contribution in [0.1, 0.15) is 42.3 Å². The summed E-state index contributed by atoms with van der Waals surface area (Å²) in [7, 11) is 0. The van der Waals surface area contributed by atoms with Crippen LogP contribution in [0.3, 0.4) is 0 Å². The Hall–Kier alpha value is -2.73. The van der Waals surface area contributed by atoms with Crippen LogP contribution in [-0.4, -0.2) is 23.0 Å². The molecule has 0 saturated heterocycles. The van der Waals surface area contributed by atoms with E-state index in [-0.39, 0.29) is 23.7 Å². The number of aliphatic hydroxyl groups is 1. The lowest BCUT2D eigenvalue weighted by Crippen LogP contribution is -2.33. The first-order valence-corrected chi connectivity index (χ1v) is 7.97. The summed E-state index contributed by atoms with van der Waals surface area (Å²) < 4.78 is 12.9. The molecule has 0 bridgehead atoms. The predicted octanol–water partition coefficient (Wildman–Crippen LogP) is 3.03. The molecule has 0 saturated carbocycles. The lowest BCUT2D eigenvalue weighted by atomic mass is 10.0. The van der Waals surface area contributed by atoms with E-state index < -0.39 is 6.10 Å². The van der Waals surface area contributed by atoms with E-state index in [1.54, 1.807) is 31.2 Å². The van der Waals surface area contributed by atoms with Gasteiger partial charge in [0.2, 0.25) is 5.91 Å². The highest BCUT2D eigenvalue weighted by Gasteiger charge is 2.16. The number of hydrogen-bond acceptors (Lipinski definition) is 3. The van der Waals surface area contributed by atoms with Crippen molar-refractivity contribution in [2.45, 2.75) is 32.4 Å². The minimum Gasteiger partial charge on any atom is -0.388 e. The molecule has 3 N–H and O–H groups in total. The van der Waals surface area contributed by atoms with Crippen molar-refractivity contribution in [3.8, 4) is 0 Å². The molecule has 132 valence electrons. The number of aliphatic hydroxyl groups excluding tert-OH is 1. The van der Waals surface area contributed by atoms with Crippen LogP contribution < -0.4 is 10.6 Å². The summed E-state index contributed by atoms with van der Waals surface area (Å²) in [4.78, 5) is 23.4. The van der Waals surface area contributed by atoms with Crippen LogP contribution in [0.15, 0.2) is 48.5 Å². The Morgan fingerprint density at radius 1 is 1.16 bits per heavy atom. The summed E-state index contributed by atoms with van der Waals surface area (Å²) in [6.07, 6.45) is -0.510. The van der Waals surface area contributed by atoms with E-state index in [1.807, 2.05) is 0 Å². The van der Waals surface area contributed by atoms with Crippen molar-refractivity contribution in [1.29, 1.82) is 0 Å². The summed E-state index contributed by atoms with van der Waals surface area (Å²) in [5.74, 6) is -0.879. The van der Waals surface area contributed by atoms with Crippen LogP contribution in [0.4, 0.5) is 10.1 Å². The largest absolute Gasteiger partial charge is 0.388 e. The molecule has 0 aliphatic carbocycles. The number of nitrogens with one attached hydrogen (secondary N) is 2. The molecule has 0 aromatic heterocycles. The number of benzene rings is 2. The van der Waals surface area contributed by atoms with E-state index >= 15 is 0 Å². The lowest BCUT2D eigenvalue weighted by Gasteiger charge is -2.18. The lowest BCUT2D eigenvalue weighted by molar-refractivity contribution is -0.114. The molecule has 5 nitrogen and oxygen atoms in total. The Bertz CT molecular complexity index is 747. The topological polar surface area (TPSA) is 78.4 Å². The first-order chi connectivity index (χ1) is 11.8. The summed E-state index contributed by atoms with van der Waals surface area (Å²) >= 11 is 0. The summed E-state index contributed by atoms with van der Waals surface area (Å²) in [6.45, 7) is 3.17. The Balaban J connectivity index is 1.95. The maximum atomic E-state index is 12.9. The third-order valence-electron chi connectivity index (χ3n) is 3.65. The van der Waals surface area contributed by atoms with Gasteiger partial charge in [-0.3, -0.25) is 9.59 Å². The predicted molar refractivity (Wildman–Crippen MR) is 93.7 cm³/mol. The highest BCUT2D eigenvalue weighted by Crippen LogP contribution is 2.19. The monoisotopic (exact) mass is 344 g/mol. The summed E-state index contributed by atoms with van der Waals surface area (Å²) in [5, 5.41) is 15.6. The number of halogens is 1. The number of amides is 2. The molecule has 2 atom stereocenters. The molecule has 2 amide bonds. The smallest absolute Gasteiger partial charge is 0.251 e. The average Bonchev–Trinajstić information content (AvgIpc) is 2.54. The standard InChI is InChI=1S/C19H21FN2O3/c1-12(10-18(24)14-6-8-16(20)9-7-14)21-19(25)15-4-3-5-17(11-15)22-13(2)23/h3-9,11-12,18,24H,10H2,1-2H3,(H,21,25)(H,22,23). The zero-order valence-corrected chi connectivity index (χ0v) is 14.1. The molecule has 2 unspecified atom stereocenters. The van der Waals surface area contributed by atoms with Gasteiger partial charge in [0.15, 0.2) is 0 Å². The van der Waals surface area contributed by atoms with Gasteiger partial charge in [-0.25, -0.2) is 4.39 Å². The van der Waals surface area contributed by atoms with E-state index in [9.17, 15) is 19.1 Å². The fraction of sp³-hybridized carbons (Fsp3) is 0.263. The number of rotatable bonds is 6. The molecular formula is C19H21FN2O3. The second-order valence-electron chi connectivity index (χ2n) is 5.94. The molecule has 6 heteroatoms. The second kappa shape index (κ2) is 8.39. The van der Waals surface area contributed by atoms with Gasteiger partial charge in [-0.2, -0.15) is 0 Å². The van der Waals surface area contributed by atoms with Gasteiger partial charge >= 0.3 is 0 Å². The average molecular weight is 344 g/mol. The van der Waals surface area contributed by atoms with Crippen molar-refractivity contribution in [3.63, 3.8) is 0 Å². The highest BCUT2D eigenvalue weighted by atomic mass is 19.1. The summed E-state index contributed by atoms with van der Waals surface area (Å²) in [6, 6.07) is 11.9. The normalized spacial score (nSPS) is 13.0. The first kappa shape index (κ1) is 18.6. The van der Waals surface area contributed by atoms with Gasteiger partial charge in [-0.15, -0.1) is 0 Å². The quantitative estimate of drug-likeness (QED) is 0.754. The van der Waals surface area contributed by atoms with Gasteiger partial charge < -0.3 is 15.7 Å². The minimum atomic E-state index is -0.804. The molecule has 2 rings (SSSR count). The van der Waals surface area contributed by atoms with Crippen molar-refractivity contribution in [2.75, 3.05) is 5.32 Å². The Morgan fingerprint density at radius 2 is 1.84 bits per heavy atom. The molecule has 0 spiro atoms. The van der Waals surface area contributed by atoms with Crippen molar-refractivity contribution in [2.24, 2.45) is 0 Å². The van der Waals surface area contributed by atoms with Crippen molar-refractivity contribution in [3.05, 3.63) is 65.5 Å². The van der Waals surface area contributed by atoms with Crippen LogP contribution in [0, 0.1) is 5.82 Å². The van der Waals surface area contributed by atoms with E-state index in [4.69, 9.17) is 0 Å². The molecule has 2 aromatic carbocycles. The third-order valence-corrected chi connectivity index (χ3v) is 3.65. The number of anilines is 1. The third kappa shape index (κ3) is 5.69. The molecule has 25 heavy (non-hydrogen) atoms. The van der Waals surface area contributed by atoms with Gasteiger partial charge in [-0.05, 0) is 49.2 Å². The van der Waals surface area contributed by atoms with Crippen molar-refractivity contribution in [1.82, 2.24) is 5.32 Å². The van der Waals surface area contributed by atoms with E-state index in [2.05, 4.69) is 10.6 Å². The highest BCUT2D eigenvalue weighted by molar-refractivity contribution is 5.96. The molecule has 2 aromatic rings. The van der Waals surface area contributed by atoms with Crippen LogP contribution in [0.25, 0.3) is 0 Å². The number of hydrogen-bond donors (Lipinski definition) is 3. The maximum Gasteiger partial charge on any atom is 0.251 e. The van der Waals surface area contributed by atoms with Gasteiger partial charge in [-0.1, -0.05) is 18.2 Å². The van der Waals surface area contributed by atoms with Crippen LogP contribution in [0.5, 0.6) is 0 Å². The Labute approximate surface area is 145 Å². The summed E-state index contributed by atoms with van der Waals surface area (Å²) in [5.41, 5.74) is 1.55. The first-order valence-electron chi connectivity index (χ1n) is 7.97. The van der Waals surface area contributed by atoms with Gasteiger partial charge in [0.1, 0.15) is 5.82 Å².